The molecule has 0 aromatic carbocycles. The molecule has 0 aromatic heterocycles. The van der Waals surface area contributed by atoms with E-state index in [1.165, 1.54) is 116 Å². The van der Waals surface area contributed by atoms with E-state index in [4.69, 9.17) is 0 Å². The topological polar surface area (TPSA) is 82.9 Å². The largest absolute Gasteiger partial charge is 0.273 e. The molecule has 2 rings (SSSR count). The van der Waals surface area contributed by atoms with Crippen LogP contribution in [-0.2, 0) is 9.59 Å². The molecule has 2 fully saturated rings. The number of hydrogen-bond donors (Lipinski definition) is 2. The molecule has 37 heavy (non-hydrogen) atoms. The van der Waals surface area contributed by atoms with Crippen LogP contribution in [0.25, 0.3) is 0 Å². The lowest BCUT2D eigenvalue weighted by Gasteiger charge is -2.10. The van der Waals surface area contributed by atoms with Gasteiger partial charge in [-0.1, -0.05) is 96.3 Å². The van der Waals surface area contributed by atoms with Crippen molar-refractivity contribution < 1.29 is 9.59 Å². The molecule has 6 heteroatoms. The summed E-state index contributed by atoms with van der Waals surface area (Å²) in [5.41, 5.74) is 7.92. The molecule has 0 bridgehead atoms. The number of nitrogens with zero attached hydrogens (tertiary/aromatic N) is 2. The molecular formula is C31H56N4O2. The van der Waals surface area contributed by atoms with Gasteiger partial charge in [-0.05, 0) is 64.2 Å². The van der Waals surface area contributed by atoms with Crippen LogP contribution in [0.3, 0.4) is 0 Å². The maximum atomic E-state index is 12.3. The van der Waals surface area contributed by atoms with Gasteiger partial charge < -0.3 is 0 Å². The van der Waals surface area contributed by atoms with Crippen molar-refractivity contribution in [1.29, 1.82) is 0 Å². The molecule has 0 unspecified atom stereocenters. The van der Waals surface area contributed by atoms with Crippen LogP contribution in [-0.4, -0.2) is 23.2 Å². The van der Waals surface area contributed by atoms with E-state index in [0.29, 0.717) is 12.8 Å². The number of unbranched alkanes of at least 4 members (excludes halogenated alkanes) is 2. The Kier molecular flexibility index (Phi) is 19.0. The molecule has 0 radical (unpaired) electrons. The molecule has 0 aliphatic heterocycles. The third-order valence-corrected chi connectivity index (χ3v) is 7.85. The van der Waals surface area contributed by atoms with Gasteiger partial charge in [0.15, 0.2) is 0 Å². The highest BCUT2D eigenvalue weighted by Gasteiger charge is 2.07. The number of carbonyl (C=O) groups excluding carboxylic acids is 2. The van der Waals surface area contributed by atoms with Gasteiger partial charge in [-0.25, -0.2) is 10.9 Å². The molecule has 2 aliphatic rings. The van der Waals surface area contributed by atoms with Gasteiger partial charge in [0.2, 0.25) is 11.8 Å². The first kappa shape index (κ1) is 31.5. The summed E-state index contributed by atoms with van der Waals surface area (Å²) >= 11 is 0. The van der Waals surface area contributed by atoms with Gasteiger partial charge in [0.1, 0.15) is 0 Å². The highest BCUT2D eigenvalue weighted by molar-refractivity contribution is 5.87. The maximum absolute atomic E-state index is 12.3. The summed E-state index contributed by atoms with van der Waals surface area (Å²) in [5.74, 6) is -0.00561. The van der Waals surface area contributed by atoms with E-state index in [-0.39, 0.29) is 11.8 Å². The Hall–Kier alpha value is -1.72. The lowest BCUT2D eigenvalue weighted by molar-refractivity contribution is -0.121. The van der Waals surface area contributed by atoms with Crippen molar-refractivity contribution in [3.8, 4) is 0 Å². The Morgan fingerprint density at radius 2 is 0.703 bits per heavy atom. The van der Waals surface area contributed by atoms with Gasteiger partial charge in [0.05, 0.1) is 0 Å². The van der Waals surface area contributed by atoms with E-state index in [1.807, 2.05) is 0 Å². The molecule has 0 spiro atoms. The third kappa shape index (κ3) is 18.2. The summed E-state index contributed by atoms with van der Waals surface area (Å²) in [4.78, 5) is 24.5. The first-order valence-corrected chi connectivity index (χ1v) is 15.9. The molecule has 0 aromatic rings. The number of hydrogen-bond acceptors (Lipinski definition) is 4. The maximum Gasteiger partial charge on any atom is 0.240 e. The third-order valence-electron chi connectivity index (χ3n) is 7.85. The Bertz CT molecular complexity index is 590. The lowest BCUT2D eigenvalue weighted by Crippen LogP contribution is -2.20. The zero-order chi connectivity index (χ0) is 26.2. The quantitative estimate of drug-likeness (QED) is 0.250. The van der Waals surface area contributed by atoms with Gasteiger partial charge in [-0.15, -0.1) is 0 Å². The monoisotopic (exact) mass is 516 g/mol. The Labute approximate surface area is 227 Å². The molecular weight excluding hydrogens is 460 g/mol. The van der Waals surface area contributed by atoms with Gasteiger partial charge in [-0.2, -0.15) is 10.2 Å². The van der Waals surface area contributed by atoms with Crippen molar-refractivity contribution in [1.82, 2.24) is 10.9 Å². The van der Waals surface area contributed by atoms with Crippen molar-refractivity contribution in [3.63, 3.8) is 0 Å². The van der Waals surface area contributed by atoms with E-state index >= 15 is 0 Å². The molecule has 2 amide bonds. The van der Waals surface area contributed by atoms with Gasteiger partial charge in [-0.3, -0.25) is 9.59 Å². The van der Waals surface area contributed by atoms with Gasteiger partial charge >= 0.3 is 0 Å². The number of carbonyl (C=O) groups is 2. The van der Waals surface area contributed by atoms with Crippen LogP contribution < -0.4 is 10.9 Å². The van der Waals surface area contributed by atoms with E-state index in [9.17, 15) is 9.59 Å². The summed E-state index contributed by atoms with van der Waals surface area (Å²) in [6, 6.07) is 0. The molecule has 0 heterocycles. The van der Waals surface area contributed by atoms with Crippen LogP contribution in [0.2, 0.25) is 0 Å². The normalized spacial score (nSPS) is 19.8. The van der Waals surface area contributed by atoms with Crippen LogP contribution in [0.4, 0.5) is 0 Å². The van der Waals surface area contributed by atoms with E-state index in [1.54, 1.807) is 0 Å². The highest BCUT2D eigenvalue weighted by atomic mass is 16.2. The van der Waals surface area contributed by atoms with Gasteiger partial charge in [0, 0.05) is 24.3 Å². The van der Waals surface area contributed by atoms with E-state index < -0.39 is 0 Å². The van der Waals surface area contributed by atoms with Crippen molar-refractivity contribution >= 4 is 23.2 Å². The summed E-state index contributed by atoms with van der Waals surface area (Å²) < 4.78 is 0. The van der Waals surface area contributed by atoms with Crippen LogP contribution in [0.5, 0.6) is 0 Å². The van der Waals surface area contributed by atoms with Gasteiger partial charge in [0.25, 0.3) is 0 Å². The van der Waals surface area contributed by atoms with Crippen LogP contribution in [0.1, 0.15) is 173 Å². The minimum atomic E-state index is -0.00280. The number of rotatable bonds is 8. The molecule has 6 nitrogen and oxygen atoms in total. The summed E-state index contributed by atoms with van der Waals surface area (Å²) in [7, 11) is 0. The Morgan fingerprint density at radius 1 is 0.432 bits per heavy atom. The predicted molar refractivity (Wildman–Crippen MR) is 156 cm³/mol. The van der Waals surface area contributed by atoms with Crippen molar-refractivity contribution in [2.75, 3.05) is 0 Å². The first-order valence-electron chi connectivity index (χ1n) is 15.9. The molecule has 2 saturated carbocycles. The minimum Gasteiger partial charge on any atom is -0.273 e. The Morgan fingerprint density at radius 3 is 1.00 bits per heavy atom. The molecule has 212 valence electrons. The smallest absolute Gasteiger partial charge is 0.240 e. The molecule has 2 aliphatic carbocycles. The first-order chi connectivity index (χ1) is 18.2. The average Bonchev–Trinajstić information content (AvgIpc) is 2.88. The van der Waals surface area contributed by atoms with Crippen LogP contribution in [0, 0.1) is 0 Å². The number of nitrogens with one attached hydrogen (secondary N) is 2. The molecule has 2 N–H and O–H groups in total. The predicted octanol–water partition coefficient (Wildman–Crippen LogP) is 8.49. The van der Waals surface area contributed by atoms with Crippen LogP contribution >= 0.6 is 0 Å². The summed E-state index contributed by atoms with van der Waals surface area (Å²) in [6.07, 6.45) is 30.8. The zero-order valence-corrected chi connectivity index (χ0v) is 23.8. The second-order valence-electron chi connectivity index (χ2n) is 11.4. The summed E-state index contributed by atoms with van der Waals surface area (Å²) in [6.45, 7) is 0. The zero-order valence-electron chi connectivity index (χ0n) is 23.8. The van der Waals surface area contributed by atoms with Crippen molar-refractivity contribution in [2.24, 2.45) is 10.2 Å². The molecule has 0 saturated heterocycles. The minimum absolute atomic E-state index is 0.00280. The SMILES string of the molecule is O=C(CCCCCC(=O)NN=C1CCCCCCCCCCC1)NN=C1CCCCCCCCCCC1. The fourth-order valence-corrected chi connectivity index (χ4v) is 5.41. The standard InChI is InChI=1S/C31H56N4O2/c36-30(34-32-28-22-16-11-7-3-1-4-8-12-17-23-28)26-20-15-21-27-31(37)35-33-29-24-18-13-9-5-2-6-10-14-19-25-29/h1-27H2,(H,34,36)(H,35,37). The van der Waals surface area contributed by atoms with Crippen LogP contribution in [0.15, 0.2) is 10.2 Å². The number of amides is 2. The fraction of sp³-hybridized carbons (Fsp3) is 0.871. The van der Waals surface area contributed by atoms with Crippen molar-refractivity contribution in [2.45, 2.75) is 173 Å². The van der Waals surface area contributed by atoms with E-state index in [0.717, 1.165) is 56.4 Å². The second-order valence-corrected chi connectivity index (χ2v) is 11.4. The summed E-state index contributed by atoms with van der Waals surface area (Å²) in [5, 5.41) is 8.96. The highest BCUT2D eigenvalue weighted by Crippen LogP contribution is 2.17. The van der Waals surface area contributed by atoms with Crippen molar-refractivity contribution in [3.05, 3.63) is 0 Å². The number of hydrazone groups is 2. The average molecular weight is 517 g/mol. The second kappa shape index (κ2) is 22.3. The molecule has 0 atom stereocenters. The van der Waals surface area contributed by atoms with E-state index in [2.05, 4.69) is 21.1 Å². The fourth-order valence-electron chi connectivity index (χ4n) is 5.41. The Balaban J connectivity index is 1.58. The lowest BCUT2D eigenvalue weighted by atomic mass is 10.00.